The Morgan fingerprint density at radius 1 is 1.18 bits per heavy atom. The summed E-state index contributed by atoms with van der Waals surface area (Å²) in [5, 5.41) is 15.8. The van der Waals surface area contributed by atoms with Crippen LogP contribution in [0.4, 0.5) is 0 Å². The molecule has 3 aliphatic rings. The van der Waals surface area contributed by atoms with Gasteiger partial charge in [-0.25, -0.2) is 4.98 Å². The molecule has 170 valence electrons. The lowest BCUT2D eigenvalue weighted by atomic mass is 9.64. The van der Waals surface area contributed by atoms with E-state index in [-0.39, 0.29) is 24.2 Å². The van der Waals surface area contributed by atoms with Crippen LogP contribution in [0.15, 0.2) is 35.0 Å². The van der Waals surface area contributed by atoms with Crippen molar-refractivity contribution in [1.29, 1.82) is 0 Å². The minimum Gasteiger partial charge on any atom is -0.472 e. The molecule has 1 saturated heterocycles. The third kappa shape index (κ3) is 4.06. The molecule has 0 unspecified atom stereocenters. The van der Waals surface area contributed by atoms with Gasteiger partial charge in [-0.2, -0.15) is 0 Å². The summed E-state index contributed by atoms with van der Waals surface area (Å²) in [5.41, 5.74) is 2.91. The number of amides is 1. The number of hydrogen-bond donors (Lipinski definition) is 1. The lowest BCUT2D eigenvalue weighted by molar-refractivity contribution is -0.165. The number of rotatable bonds is 7. The van der Waals surface area contributed by atoms with Crippen molar-refractivity contribution in [3.05, 3.63) is 52.6 Å². The average Bonchev–Trinajstić information content (AvgIpc) is 3.53. The molecule has 10 heteroatoms. The van der Waals surface area contributed by atoms with Crippen molar-refractivity contribution in [3.63, 3.8) is 0 Å². The van der Waals surface area contributed by atoms with E-state index in [1.165, 1.54) is 0 Å². The Balaban J connectivity index is 1.11. The molecule has 2 aliphatic carbocycles. The molecule has 1 N–H and O–H groups in total. The molecule has 2 saturated carbocycles. The van der Waals surface area contributed by atoms with E-state index >= 15 is 0 Å². The smallest absolute Gasteiger partial charge is 0.272 e. The molecule has 1 spiro atoms. The van der Waals surface area contributed by atoms with Gasteiger partial charge in [-0.3, -0.25) is 4.79 Å². The van der Waals surface area contributed by atoms with E-state index in [4.69, 9.17) is 25.6 Å². The van der Waals surface area contributed by atoms with Gasteiger partial charge in [0.2, 0.25) is 5.88 Å². The number of nitrogens with one attached hydrogen (secondary N) is 1. The largest absolute Gasteiger partial charge is 0.472 e. The number of halogens is 1. The molecule has 3 aromatic heterocycles. The molecule has 9 nitrogen and oxygen atoms in total. The van der Waals surface area contributed by atoms with Crippen LogP contribution in [-0.2, 0) is 11.3 Å². The number of pyridine rings is 1. The highest BCUT2D eigenvalue weighted by molar-refractivity contribution is 6.29. The summed E-state index contributed by atoms with van der Waals surface area (Å²) in [6.45, 7) is 1.83. The van der Waals surface area contributed by atoms with Gasteiger partial charge in [-0.1, -0.05) is 16.8 Å². The Morgan fingerprint density at radius 2 is 2.03 bits per heavy atom. The van der Waals surface area contributed by atoms with Gasteiger partial charge in [0.05, 0.1) is 18.8 Å². The normalized spacial score (nSPS) is 19.1. The molecule has 0 aromatic carbocycles. The number of ether oxygens (including phenoxy) is 2. The number of hydrogen-bond acceptors (Lipinski definition) is 8. The lowest BCUT2D eigenvalue weighted by Gasteiger charge is -2.53. The fourth-order valence-corrected chi connectivity index (χ4v) is 4.62. The van der Waals surface area contributed by atoms with Crippen molar-refractivity contribution in [2.24, 2.45) is 5.41 Å². The van der Waals surface area contributed by atoms with Gasteiger partial charge in [0, 0.05) is 35.2 Å². The first-order valence-electron chi connectivity index (χ1n) is 11.0. The van der Waals surface area contributed by atoms with Crippen molar-refractivity contribution in [3.8, 4) is 17.1 Å². The highest BCUT2D eigenvalue weighted by Gasteiger charge is 2.50. The van der Waals surface area contributed by atoms with Crippen molar-refractivity contribution in [1.82, 2.24) is 25.7 Å². The third-order valence-electron chi connectivity index (χ3n) is 6.52. The van der Waals surface area contributed by atoms with Crippen LogP contribution in [0.3, 0.4) is 0 Å². The molecule has 4 heterocycles. The molecular formula is C23H22ClN5O4. The Morgan fingerprint density at radius 3 is 2.67 bits per heavy atom. The molecule has 1 aliphatic heterocycles. The van der Waals surface area contributed by atoms with Crippen molar-refractivity contribution < 1.29 is 18.8 Å². The summed E-state index contributed by atoms with van der Waals surface area (Å²) in [6, 6.07) is 7.01. The monoisotopic (exact) mass is 467 g/mol. The van der Waals surface area contributed by atoms with E-state index in [0.717, 1.165) is 55.8 Å². The van der Waals surface area contributed by atoms with E-state index in [1.807, 2.05) is 6.07 Å². The summed E-state index contributed by atoms with van der Waals surface area (Å²) in [7, 11) is 0. The predicted molar refractivity (Wildman–Crippen MR) is 117 cm³/mol. The molecule has 3 fully saturated rings. The number of carbonyl (C=O) groups excluding carboxylic acids is 1. The topological polar surface area (TPSA) is 112 Å². The molecule has 0 radical (unpaired) electrons. The standard InChI is InChI=1S/C23H22ClN5O4/c24-18-5-3-14(9-25-18)20-16(21(33-29-20)13-1-2-13)10-32-19-6-4-17(27-28-19)22(30)26-15-7-23(8-15)11-31-12-23/h3-6,9,13,15H,1-2,7-8,10-12H2,(H,26,30). The van der Waals surface area contributed by atoms with Crippen LogP contribution in [0.5, 0.6) is 5.88 Å². The summed E-state index contributed by atoms with van der Waals surface area (Å²) in [4.78, 5) is 16.6. The Kier molecular flexibility index (Phi) is 5.03. The van der Waals surface area contributed by atoms with Crippen LogP contribution >= 0.6 is 11.6 Å². The zero-order chi connectivity index (χ0) is 22.4. The summed E-state index contributed by atoms with van der Waals surface area (Å²) in [6.07, 6.45) is 5.72. The highest BCUT2D eigenvalue weighted by atomic mass is 35.5. The zero-order valence-electron chi connectivity index (χ0n) is 17.8. The average molecular weight is 468 g/mol. The summed E-state index contributed by atoms with van der Waals surface area (Å²) in [5.74, 6) is 1.30. The van der Waals surface area contributed by atoms with Crippen LogP contribution in [0.1, 0.15) is 53.4 Å². The van der Waals surface area contributed by atoms with Crippen LogP contribution in [0.25, 0.3) is 11.3 Å². The first-order chi connectivity index (χ1) is 16.1. The Labute approximate surface area is 194 Å². The molecule has 33 heavy (non-hydrogen) atoms. The second-order valence-corrected chi connectivity index (χ2v) is 9.52. The van der Waals surface area contributed by atoms with Crippen LogP contribution in [-0.4, -0.2) is 45.5 Å². The van der Waals surface area contributed by atoms with Gasteiger partial charge in [-0.15, -0.1) is 10.2 Å². The van der Waals surface area contributed by atoms with Crippen LogP contribution < -0.4 is 10.1 Å². The van der Waals surface area contributed by atoms with E-state index in [0.29, 0.717) is 28.1 Å². The second-order valence-electron chi connectivity index (χ2n) is 9.13. The maximum absolute atomic E-state index is 12.5. The van der Waals surface area contributed by atoms with Gasteiger partial charge in [0.15, 0.2) is 5.69 Å². The first kappa shape index (κ1) is 20.6. The molecular weight excluding hydrogens is 446 g/mol. The minimum absolute atomic E-state index is 0.175. The number of nitrogens with zero attached hydrogens (tertiary/aromatic N) is 4. The quantitative estimate of drug-likeness (QED) is 0.525. The summed E-state index contributed by atoms with van der Waals surface area (Å²) < 4.78 is 16.8. The molecule has 1 amide bonds. The van der Waals surface area contributed by atoms with Crippen molar-refractivity contribution >= 4 is 17.5 Å². The molecule has 0 bridgehead atoms. The maximum atomic E-state index is 12.5. The zero-order valence-corrected chi connectivity index (χ0v) is 18.5. The van der Waals surface area contributed by atoms with Crippen molar-refractivity contribution in [2.45, 2.75) is 44.2 Å². The van der Waals surface area contributed by atoms with Gasteiger partial charge < -0.3 is 19.3 Å². The minimum atomic E-state index is -0.221. The van der Waals surface area contributed by atoms with E-state index in [2.05, 4.69) is 25.7 Å². The van der Waals surface area contributed by atoms with Gasteiger partial charge in [0.1, 0.15) is 23.2 Å². The SMILES string of the molecule is O=C(NC1CC2(COC2)C1)c1ccc(OCc2c(-c3ccc(Cl)nc3)noc2C2CC2)nn1. The van der Waals surface area contributed by atoms with Gasteiger partial charge in [0.25, 0.3) is 5.91 Å². The highest BCUT2D eigenvalue weighted by Crippen LogP contribution is 2.47. The van der Waals surface area contributed by atoms with E-state index < -0.39 is 0 Å². The maximum Gasteiger partial charge on any atom is 0.272 e. The lowest BCUT2D eigenvalue weighted by Crippen LogP contribution is -2.59. The van der Waals surface area contributed by atoms with Crippen LogP contribution in [0.2, 0.25) is 5.15 Å². The fraction of sp³-hybridized carbons (Fsp3) is 0.435. The predicted octanol–water partition coefficient (Wildman–Crippen LogP) is 3.55. The van der Waals surface area contributed by atoms with Crippen molar-refractivity contribution in [2.75, 3.05) is 13.2 Å². The fourth-order valence-electron chi connectivity index (χ4n) is 4.51. The van der Waals surface area contributed by atoms with Crippen LogP contribution in [0, 0.1) is 5.41 Å². The molecule has 0 atom stereocenters. The summed E-state index contributed by atoms with van der Waals surface area (Å²) >= 11 is 5.91. The Bertz CT molecular complexity index is 1160. The third-order valence-corrected chi connectivity index (χ3v) is 6.74. The molecule has 3 aromatic rings. The number of carbonyl (C=O) groups is 1. The van der Waals surface area contributed by atoms with E-state index in [1.54, 1.807) is 24.4 Å². The van der Waals surface area contributed by atoms with E-state index in [9.17, 15) is 4.79 Å². The molecule has 6 rings (SSSR count). The van der Waals surface area contributed by atoms with Gasteiger partial charge >= 0.3 is 0 Å². The second kappa shape index (κ2) is 8.07. The number of aromatic nitrogens is 4. The first-order valence-corrected chi connectivity index (χ1v) is 11.4. The Hall–Kier alpha value is -3.04. The van der Waals surface area contributed by atoms with Gasteiger partial charge in [-0.05, 0) is 43.9 Å².